The highest BCUT2D eigenvalue weighted by atomic mass is 35.5. The van der Waals surface area contributed by atoms with Gasteiger partial charge in [0.2, 0.25) is 5.76 Å². The molecule has 0 saturated heterocycles. The molecule has 1 atom stereocenters. The van der Waals surface area contributed by atoms with Crippen LogP contribution in [0, 0.1) is 5.82 Å². The summed E-state index contributed by atoms with van der Waals surface area (Å²) in [5, 5.41) is 15.2. The fourth-order valence-corrected chi connectivity index (χ4v) is 2.27. The minimum absolute atomic E-state index is 0.0645. The normalized spacial score (nSPS) is 15.2. The lowest BCUT2D eigenvalue weighted by Crippen LogP contribution is -2.33. The van der Waals surface area contributed by atoms with Crippen LogP contribution in [0.3, 0.4) is 0 Å². The van der Waals surface area contributed by atoms with Crippen LogP contribution in [0.25, 0.3) is 0 Å². The molecule has 1 aliphatic rings. The molecular formula is C15H12ClFN2O4. The Hall–Kier alpha value is -2.41. The van der Waals surface area contributed by atoms with Gasteiger partial charge in [-0.25, -0.2) is 9.18 Å². The molecule has 3 rings (SSSR count). The first-order valence-electron chi connectivity index (χ1n) is 6.91. The predicted molar refractivity (Wildman–Crippen MR) is 77.7 cm³/mol. The van der Waals surface area contributed by atoms with Crippen molar-refractivity contribution in [2.45, 2.75) is 24.8 Å². The molecule has 1 fully saturated rings. The lowest BCUT2D eigenvalue weighted by Gasteiger charge is -2.14. The van der Waals surface area contributed by atoms with Crippen LogP contribution >= 0.6 is 11.6 Å². The van der Waals surface area contributed by atoms with Gasteiger partial charge >= 0.3 is 5.97 Å². The van der Waals surface area contributed by atoms with Crippen molar-refractivity contribution in [2.24, 2.45) is 0 Å². The van der Waals surface area contributed by atoms with Crippen LogP contribution in [0.15, 0.2) is 28.8 Å². The van der Waals surface area contributed by atoms with Gasteiger partial charge in [-0.05, 0) is 30.5 Å². The molecule has 2 aromatic rings. The van der Waals surface area contributed by atoms with E-state index in [9.17, 15) is 19.1 Å². The monoisotopic (exact) mass is 338 g/mol. The van der Waals surface area contributed by atoms with E-state index in [2.05, 4.69) is 10.5 Å². The quantitative estimate of drug-likeness (QED) is 0.874. The van der Waals surface area contributed by atoms with Crippen molar-refractivity contribution in [3.8, 4) is 0 Å². The minimum atomic E-state index is -1.43. The first-order chi connectivity index (χ1) is 11.0. The third kappa shape index (κ3) is 3.34. The third-order valence-corrected chi connectivity index (χ3v) is 3.85. The van der Waals surface area contributed by atoms with Gasteiger partial charge in [-0.1, -0.05) is 22.8 Å². The number of halogens is 2. The first-order valence-corrected chi connectivity index (χ1v) is 7.28. The Labute approximate surface area is 135 Å². The van der Waals surface area contributed by atoms with E-state index in [-0.39, 0.29) is 16.3 Å². The lowest BCUT2D eigenvalue weighted by molar-refractivity contribution is -0.139. The van der Waals surface area contributed by atoms with Crippen LogP contribution < -0.4 is 5.32 Å². The summed E-state index contributed by atoms with van der Waals surface area (Å²) >= 11 is 5.57. The van der Waals surface area contributed by atoms with E-state index in [4.69, 9.17) is 16.1 Å². The molecule has 2 N–H and O–H groups in total. The van der Waals surface area contributed by atoms with Gasteiger partial charge in [0.05, 0.1) is 10.7 Å². The van der Waals surface area contributed by atoms with E-state index in [1.165, 1.54) is 18.2 Å². The van der Waals surface area contributed by atoms with E-state index in [0.29, 0.717) is 11.6 Å². The molecule has 1 aromatic carbocycles. The average Bonchev–Trinajstić information content (AvgIpc) is 3.24. The lowest BCUT2D eigenvalue weighted by atomic mass is 10.1. The van der Waals surface area contributed by atoms with Gasteiger partial charge in [0.1, 0.15) is 5.82 Å². The summed E-state index contributed by atoms with van der Waals surface area (Å²) in [7, 11) is 0. The maximum absolute atomic E-state index is 13.5. The maximum atomic E-state index is 13.5. The standard InChI is InChI=1S/C15H12ClFN2O4/c16-9-4-3-8(5-10(9)17)13(15(21)22)18-14(20)12-6-11(19-23-12)7-1-2-7/h3-7,13H,1-2H2,(H,18,20)(H,21,22). The largest absolute Gasteiger partial charge is 0.479 e. The highest BCUT2D eigenvalue weighted by Gasteiger charge is 2.30. The first kappa shape index (κ1) is 15.5. The van der Waals surface area contributed by atoms with Crippen LogP contribution in [0.1, 0.15) is 46.6 Å². The third-order valence-electron chi connectivity index (χ3n) is 3.55. The molecule has 0 radical (unpaired) electrons. The average molecular weight is 339 g/mol. The van der Waals surface area contributed by atoms with Crippen molar-refractivity contribution in [1.29, 1.82) is 0 Å². The summed E-state index contributed by atoms with van der Waals surface area (Å²) in [6.07, 6.45) is 1.99. The number of nitrogens with zero attached hydrogens (tertiary/aromatic N) is 1. The Morgan fingerprint density at radius 2 is 2.13 bits per heavy atom. The Balaban J connectivity index is 1.79. The molecule has 1 unspecified atom stereocenters. The predicted octanol–water partition coefficient (Wildman–Crippen LogP) is 2.90. The molecule has 1 heterocycles. The number of hydrogen-bond donors (Lipinski definition) is 2. The Morgan fingerprint density at radius 1 is 1.39 bits per heavy atom. The van der Waals surface area contributed by atoms with E-state index >= 15 is 0 Å². The number of rotatable bonds is 5. The van der Waals surface area contributed by atoms with Crippen molar-refractivity contribution in [3.63, 3.8) is 0 Å². The number of hydrogen-bond acceptors (Lipinski definition) is 4. The second-order valence-electron chi connectivity index (χ2n) is 5.31. The van der Waals surface area contributed by atoms with Crippen molar-refractivity contribution in [2.75, 3.05) is 0 Å². The van der Waals surface area contributed by atoms with Crippen molar-refractivity contribution in [1.82, 2.24) is 10.5 Å². The summed E-state index contributed by atoms with van der Waals surface area (Å²) < 4.78 is 18.4. The maximum Gasteiger partial charge on any atom is 0.330 e. The number of aliphatic carboxylic acids is 1. The van der Waals surface area contributed by atoms with Gasteiger partial charge in [0.25, 0.3) is 5.91 Å². The van der Waals surface area contributed by atoms with Gasteiger partial charge in [0, 0.05) is 12.0 Å². The number of carboxylic acid groups (broad SMARTS) is 1. The Morgan fingerprint density at radius 3 is 2.74 bits per heavy atom. The van der Waals surface area contributed by atoms with Crippen molar-refractivity contribution < 1.29 is 23.6 Å². The minimum Gasteiger partial charge on any atom is -0.479 e. The molecule has 1 amide bonds. The van der Waals surface area contributed by atoms with Gasteiger partial charge in [0.15, 0.2) is 6.04 Å². The molecule has 1 saturated carbocycles. The second kappa shape index (κ2) is 6.00. The van der Waals surface area contributed by atoms with E-state index in [1.807, 2.05) is 0 Å². The smallest absolute Gasteiger partial charge is 0.330 e. The summed E-state index contributed by atoms with van der Waals surface area (Å²) in [5.41, 5.74) is 0.745. The zero-order valence-electron chi connectivity index (χ0n) is 11.8. The van der Waals surface area contributed by atoms with E-state index in [1.54, 1.807) is 0 Å². The molecule has 8 heteroatoms. The van der Waals surface area contributed by atoms with Crippen LogP contribution in [-0.2, 0) is 4.79 Å². The zero-order valence-corrected chi connectivity index (χ0v) is 12.5. The summed E-state index contributed by atoms with van der Waals surface area (Å²) in [6.45, 7) is 0. The fraction of sp³-hybridized carbons (Fsp3) is 0.267. The highest BCUT2D eigenvalue weighted by Crippen LogP contribution is 2.39. The summed E-state index contributed by atoms with van der Waals surface area (Å²) in [4.78, 5) is 23.5. The molecule has 6 nitrogen and oxygen atoms in total. The zero-order chi connectivity index (χ0) is 16.6. The number of benzene rings is 1. The Kier molecular flexibility index (Phi) is 4.04. The molecule has 0 bridgehead atoms. The molecule has 0 spiro atoms. The molecule has 0 aliphatic heterocycles. The fourth-order valence-electron chi connectivity index (χ4n) is 2.15. The molecular weight excluding hydrogens is 327 g/mol. The second-order valence-corrected chi connectivity index (χ2v) is 5.72. The number of carbonyl (C=O) groups is 2. The van der Waals surface area contributed by atoms with Crippen LogP contribution in [0.4, 0.5) is 4.39 Å². The SMILES string of the molecule is O=C(NC(C(=O)O)c1ccc(Cl)c(F)c1)c1cc(C2CC2)no1. The van der Waals surface area contributed by atoms with Gasteiger partial charge < -0.3 is 14.9 Å². The van der Waals surface area contributed by atoms with Gasteiger partial charge in [-0.2, -0.15) is 0 Å². The van der Waals surface area contributed by atoms with Crippen molar-refractivity contribution in [3.05, 3.63) is 52.1 Å². The number of carbonyl (C=O) groups excluding carboxylic acids is 1. The number of nitrogens with one attached hydrogen (secondary N) is 1. The van der Waals surface area contributed by atoms with Gasteiger partial charge in [-0.15, -0.1) is 0 Å². The number of carboxylic acids is 1. The van der Waals surface area contributed by atoms with Crippen LogP contribution in [0.5, 0.6) is 0 Å². The molecule has 120 valence electrons. The summed E-state index contributed by atoms with van der Waals surface area (Å²) in [5.74, 6) is -2.59. The van der Waals surface area contributed by atoms with Gasteiger partial charge in [-0.3, -0.25) is 4.79 Å². The molecule has 23 heavy (non-hydrogen) atoms. The topological polar surface area (TPSA) is 92.4 Å². The number of aromatic nitrogens is 1. The molecule has 1 aliphatic carbocycles. The highest BCUT2D eigenvalue weighted by molar-refractivity contribution is 6.30. The number of amides is 1. The molecule has 1 aromatic heterocycles. The van der Waals surface area contributed by atoms with Crippen molar-refractivity contribution >= 4 is 23.5 Å². The Bertz CT molecular complexity index is 773. The van der Waals surface area contributed by atoms with E-state index in [0.717, 1.165) is 18.9 Å². The van der Waals surface area contributed by atoms with E-state index < -0.39 is 23.7 Å². The van der Waals surface area contributed by atoms with Crippen LogP contribution in [0.2, 0.25) is 5.02 Å². The summed E-state index contributed by atoms with van der Waals surface area (Å²) in [6, 6.07) is 3.60. The van der Waals surface area contributed by atoms with Crippen LogP contribution in [-0.4, -0.2) is 22.1 Å².